The number of nitrogens with zero attached hydrogens (tertiary/aromatic N) is 1. The van der Waals surface area contributed by atoms with E-state index < -0.39 is 11.8 Å². The van der Waals surface area contributed by atoms with Gasteiger partial charge in [0.15, 0.2) is 0 Å². The molecule has 0 aromatic heterocycles. The van der Waals surface area contributed by atoms with Gasteiger partial charge in [-0.2, -0.15) is 0 Å². The maximum absolute atomic E-state index is 12.0. The molecule has 2 amide bonds. The van der Waals surface area contributed by atoms with E-state index in [2.05, 4.69) is 6.58 Å². The van der Waals surface area contributed by atoms with Gasteiger partial charge in [-0.3, -0.25) is 14.8 Å². The van der Waals surface area contributed by atoms with Crippen LogP contribution < -0.4 is 0 Å². The third-order valence-corrected chi connectivity index (χ3v) is 3.31. The van der Waals surface area contributed by atoms with Gasteiger partial charge in [-0.15, -0.1) is 11.6 Å². The maximum atomic E-state index is 12.0. The fourth-order valence-electron chi connectivity index (χ4n) is 2.49. The SMILES string of the molecule is C=CCc1cc2ccccc2c2c1C(=O)N(O)C2=O. The number of benzene rings is 2. The first-order valence-corrected chi connectivity index (χ1v) is 5.88. The molecule has 0 radical (unpaired) electrons. The summed E-state index contributed by atoms with van der Waals surface area (Å²) in [4.78, 5) is 24.0. The summed E-state index contributed by atoms with van der Waals surface area (Å²) >= 11 is 0. The van der Waals surface area contributed by atoms with Gasteiger partial charge in [-0.05, 0) is 28.8 Å². The number of allylic oxidation sites excluding steroid dienone is 1. The van der Waals surface area contributed by atoms with Crippen LogP contribution in [-0.2, 0) is 6.42 Å². The van der Waals surface area contributed by atoms with E-state index in [9.17, 15) is 14.8 Å². The minimum absolute atomic E-state index is 0.184. The van der Waals surface area contributed by atoms with Crippen LogP contribution in [0.1, 0.15) is 26.3 Å². The predicted molar refractivity (Wildman–Crippen MR) is 70.1 cm³/mol. The average molecular weight is 253 g/mol. The lowest BCUT2D eigenvalue weighted by molar-refractivity contribution is -0.0326. The third-order valence-electron chi connectivity index (χ3n) is 3.31. The zero-order valence-corrected chi connectivity index (χ0v) is 10.1. The molecule has 0 aliphatic carbocycles. The number of carbonyl (C=O) groups is 2. The Balaban J connectivity index is 2.45. The number of carbonyl (C=O) groups excluding carboxylic acids is 2. The second-order valence-electron chi connectivity index (χ2n) is 4.42. The van der Waals surface area contributed by atoms with Crippen molar-refractivity contribution in [3.05, 3.63) is 59.7 Å². The van der Waals surface area contributed by atoms with E-state index >= 15 is 0 Å². The summed E-state index contributed by atoms with van der Waals surface area (Å²) in [6.07, 6.45) is 2.14. The first kappa shape index (κ1) is 11.6. The van der Waals surface area contributed by atoms with E-state index in [1.807, 2.05) is 18.2 Å². The van der Waals surface area contributed by atoms with Crippen LogP contribution >= 0.6 is 0 Å². The second-order valence-corrected chi connectivity index (χ2v) is 4.42. The summed E-state index contributed by atoms with van der Waals surface area (Å²) in [5.41, 5.74) is 1.27. The molecule has 3 rings (SSSR count). The molecule has 0 saturated carbocycles. The molecular formula is C15H11NO3. The molecule has 2 aromatic carbocycles. The van der Waals surface area contributed by atoms with Crippen LogP contribution in [0.4, 0.5) is 0 Å². The van der Waals surface area contributed by atoms with Gasteiger partial charge in [-0.25, -0.2) is 0 Å². The Morgan fingerprint density at radius 2 is 1.84 bits per heavy atom. The zero-order valence-electron chi connectivity index (χ0n) is 10.1. The topological polar surface area (TPSA) is 57.6 Å². The summed E-state index contributed by atoms with van der Waals surface area (Å²) in [5, 5.41) is 11.3. The quantitative estimate of drug-likeness (QED) is 0.508. The molecule has 0 atom stereocenters. The first-order valence-electron chi connectivity index (χ1n) is 5.88. The molecule has 0 fully saturated rings. The molecular weight excluding hydrogens is 242 g/mol. The summed E-state index contributed by atoms with van der Waals surface area (Å²) in [6, 6.07) is 9.17. The highest BCUT2D eigenvalue weighted by Crippen LogP contribution is 2.32. The van der Waals surface area contributed by atoms with Crippen molar-refractivity contribution in [1.82, 2.24) is 5.06 Å². The second kappa shape index (κ2) is 4.03. The first-order chi connectivity index (χ1) is 9.15. The smallest absolute Gasteiger partial charge is 0.278 e. The highest BCUT2D eigenvalue weighted by molar-refractivity contribution is 6.26. The molecule has 0 bridgehead atoms. The van der Waals surface area contributed by atoms with Crippen molar-refractivity contribution in [2.75, 3.05) is 0 Å². The number of hydroxylamine groups is 2. The molecule has 2 aromatic rings. The molecule has 1 N–H and O–H groups in total. The standard InChI is InChI=1S/C15H11NO3/c1-2-5-10-8-9-6-3-4-7-11(9)13-12(10)14(17)16(19)15(13)18/h2-4,6-8,19H,1,5H2. The van der Waals surface area contributed by atoms with Crippen LogP contribution in [0.5, 0.6) is 0 Å². The zero-order chi connectivity index (χ0) is 13.6. The maximum Gasteiger partial charge on any atom is 0.286 e. The van der Waals surface area contributed by atoms with Gasteiger partial charge in [0.2, 0.25) is 0 Å². The molecule has 1 aliphatic rings. The average Bonchev–Trinajstić information content (AvgIpc) is 2.65. The van der Waals surface area contributed by atoms with Crippen LogP contribution in [0, 0.1) is 0 Å². The normalized spacial score (nSPS) is 14.1. The number of hydrogen-bond donors (Lipinski definition) is 1. The highest BCUT2D eigenvalue weighted by atomic mass is 16.5. The number of amides is 2. The van der Waals surface area contributed by atoms with Crippen molar-refractivity contribution < 1.29 is 14.8 Å². The number of rotatable bonds is 2. The summed E-state index contributed by atoms with van der Waals surface area (Å²) < 4.78 is 0. The van der Waals surface area contributed by atoms with E-state index in [0.717, 1.165) is 5.39 Å². The van der Waals surface area contributed by atoms with Gasteiger partial charge in [0.1, 0.15) is 0 Å². The Labute approximate surface area is 109 Å². The fraction of sp³-hybridized carbons (Fsp3) is 0.0667. The van der Waals surface area contributed by atoms with Gasteiger partial charge in [0.25, 0.3) is 11.8 Å². The van der Waals surface area contributed by atoms with Crippen LogP contribution in [0.2, 0.25) is 0 Å². The van der Waals surface area contributed by atoms with E-state index in [1.165, 1.54) is 0 Å². The van der Waals surface area contributed by atoms with Crippen LogP contribution in [0.3, 0.4) is 0 Å². The van der Waals surface area contributed by atoms with Gasteiger partial charge >= 0.3 is 0 Å². The van der Waals surface area contributed by atoms with Crippen molar-refractivity contribution in [2.24, 2.45) is 0 Å². The Morgan fingerprint density at radius 3 is 2.58 bits per heavy atom. The molecule has 0 spiro atoms. The Kier molecular flexibility index (Phi) is 2.47. The highest BCUT2D eigenvalue weighted by Gasteiger charge is 2.38. The van der Waals surface area contributed by atoms with Gasteiger partial charge < -0.3 is 0 Å². The predicted octanol–water partition coefficient (Wildman–Crippen LogP) is 2.55. The lowest BCUT2D eigenvalue weighted by Gasteiger charge is -2.07. The number of imide groups is 1. The largest absolute Gasteiger partial charge is 0.286 e. The molecule has 1 heterocycles. The Hall–Kier alpha value is -2.46. The minimum atomic E-state index is -0.665. The molecule has 4 heteroatoms. The van der Waals surface area contributed by atoms with E-state index in [4.69, 9.17) is 0 Å². The molecule has 19 heavy (non-hydrogen) atoms. The van der Waals surface area contributed by atoms with Gasteiger partial charge in [0.05, 0.1) is 11.1 Å². The fourth-order valence-corrected chi connectivity index (χ4v) is 2.49. The van der Waals surface area contributed by atoms with Crippen molar-refractivity contribution in [3.8, 4) is 0 Å². The van der Waals surface area contributed by atoms with Crippen molar-refractivity contribution >= 4 is 22.6 Å². The van der Waals surface area contributed by atoms with E-state index in [-0.39, 0.29) is 16.2 Å². The number of hydrogen-bond acceptors (Lipinski definition) is 3. The van der Waals surface area contributed by atoms with Crippen molar-refractivity contribution in [1.29, 1.82) is 0 Å². The Morgan fingerprint density at radius 1 is 1.16 bits per heavy atom. The van der Waals surface area contributed by atoms with Crippen molar-refractivity contribution in [3.63, 3.8) is 0 Å². The summed E-state index contributed by atoms with van der Waals surface area (Å²) in [6.45, 7) is 3.65. The molecule has 0 saturated heterocycles. The molecule has 0 unspecified atom stereocenters. The van der Waals surface area contributed by atoms with E-state index in [0.29, 0.717) is 17.4 Å². The van der Waals surface area contributed by atoms with Crippen LogP contribution in [0.25, 0.3) is 10.8 Å². The molecule has 1 aliphatic heterocycles. The lowest BCUT2D eigenvalue weighted by atomic mass is 9.94. The molecule has 94 valence electrons. The summed E-state index contributed by atoms with van der Waals surface area (Å²) in [7, 11) is 0. The van der Waals surface area contributed by atoms with Crippen LogP contribution in [0.15, 0.2) is 43.0 Å². The monoisotopic (exact) mass is 253 g/mol. The Bertz CT molecular complexity index is 733. The third kappa shape index (κ3) is 1.50. The van der Waals surface area contributed by atoms with Gasteiger partial charge in [-0.1, -0.05) is 30.3 Å². The minimum Gasteiger partial charge on any atom is -0.278 e. The van der Waals surface area contributed by atoms with Gasteiger partial charge in [0, 0.05) is 0 Å². The summed E-state index contributed by atoms with van der Waals surface area (Å²) in [5.74, 6) is -1.33. The molecule has 4 nitrogen and oxygen atoms in total. The number of fused-ring (bicyclic) bond motifs is 3. The van der Waals surface area contributed by atoms with Crippen LogP contribution in [-0.4, -0.2) is 22.1 Å². The lowest BCUT2D eigenvalue weighted by Crippen LogP contribution is -2.25. The van der Waals surface area contributed by atoms with Crippen molar-refractivity contribution in [2.45, 2.75) is 6.42 Å². The van der Waals surface area contributed by atoms with E-state index in [1.54, 1.807) is 18.2 Å².